The first-order chi connectivity index (χ1) is 13.0. The Morgan fingerprint density at radius 2 is 1.67 bits per heavy atom. The van der Waals surface area contributed by atoms with Crippen LogP contribution in [0.2, 0.25) is 0 Å². The average molecular weight is 369 g/mol. The van der Waals surface area contributed by atoms with Crippen LogP contribution < -0.4 is 10.5 Å². The quantitative estimate of drug-likeness (QED) is 0.513. The normalized spacial score (nSPS) is 10.3. The smallest absolute Gasteiger partial charge is 0.342 e. The zero-order valence-corrected chi connectivity index (χ0v) is 15.3. The lowest BCUT2D eigenvalue weighted by Crippen LogP contribution is -2.21. The summed E-state index contributed by atoms with van der Waals surface area (Å²) in [6.07, 6.45) is 3.19. The van der Waals surface area contributed by atoms with Crippen LogP contribution in [0.5, 0.6) is 5.75 Å². The number of carbonyl (C=O) groups excluding carboxylic acids is 3. The zero-order valence-electron chi connectivity index (χ0n) is 15.3. The molecule has 0 atom stereocenters. The highest BCUT2D eigenvalue weighted by atomic mass is 16.5. The summed E-state index contributed by atoms with van der Waals surface area (Å²) < 4.78 is 10.3. The molecule has 0 heterocycles. The molecule has 0 unspecified atom stereocenters. The Kier molecular flexibility index (Phi) is 7.55. The zero-order chi connectivity index (χ0) is 19.6. The van der Waals surface area contributed by atoms with E-state index in [1.54, 1.807) is 24.3 Å². The van der Waals surface area contributed by atoms with Gasteiger partial charge < -0.3 is 15.2 Å². The number of hydrogen-bond donors (Lipinski definition) is 1. The van der Waals surface area contributed by atoms with Gasteiger partial charge >= 0.3 is 5.97 Å². The standard InChI is InChI=1S/C21H23NO5/c1-2-3-6-15-9-11-16(12-10-15)18(23)13-27-21(25)17-7-4-5-8-19(17)26-14-20(22)24/h4-5,7-12H,2-3,6,13-14H2,1H3,(H2,22,24). The van der Waals surface area contributed by atoms with Gasteiger partial charge in [0.25, 0.3) is 5.91 Å². The average Bonchev–Trinajstić information content (AvgIpc) is 2.69. The van der Waals surface area contributed by atoms with Crippen molar-refractivity contribution in [3.8, 4) is 5.75 Å². The molecule has 0 aromatic heterocycles. The minimum Gasteiger partial charge on any atom is -0.483 e. The van der Waals surface area contributed by atoms with Gasteiger partial charge in [-0.2, -0.15) is 0 Å². The van der Waals surface area contributed by atoms with Crippen molar-refractivity contribution in [2.75, 3.05) is 13.2 Å². The third-order valence-corrected chi connectivity index (χ3v) is 3.91. The van der Waals surface area contributed by atoms with Crippen LogP contribution in [0, 0.1) is 0 Å². The Balaban J connectivity index is 1.95. The molecule has 0 spiro atoms. The van der Waals surface area contributed by atoms with Gasteiger partial charge in [0.2, 0.25) is 0 Å². The number of ketones is 1. The molecule has 2 aromatic rings. The molecule has 0 bridgehead atoms. The molecule has 0 saturated heterocycles. The van der Waals surface area contributed by atoms with E-state index in [-0.39, 0.29) is 30.3 Å². The minimum atomic E-state index is -0.706. The first-order valence-corrected chi connectivity index (χ1v) is 8.80. The molecule has 0 saturated carbocycles. The van der Waals surface area contributed by atoms with Crippen molar-refractivity contribution in [1.82, 2.24) is 0 Å². The van der Waals surface area contributed by atoms with E-state index in [0.717, 1.165) is 19.3 Å². The number of rotatable bonds is 10. The molecule has 2 aromatic carbocycles. The van der Waals surface area contributed by atoms with Crippen LogP contribution in [0.25, 0.3) is 0 Å². The van der Waals surface area contributed by atoms with Crippen LogP contribution >= 0.6 is 0 Å². The maximum Gasteiger partial charge on any atom is 0.342 e. The Labute approximate surface area is 158 Å². The number of carbonyl (C=O) groups is 3. The topological polar surface area (TPSA) is 95.7 Å². The molecule has 6 nitrogen and oxygen atoms in total. The number of ether oxygens (including phenoxy) is 2. The maximum atomic E-state index is 12.2. The number of primary amides is 1. The summed E-state index contributed by atoms with van der Waals surface area (Å²) >= 11 is 0. The second-order valence-electron chi connectivity index (χ2n) is 6.05. The van der Waals surface area contributed by atoms with Gasteiger partial charge in [0.15, 0.2) is 19.0 Å². The van der Waals surface area contributed by atoms with Crippen molar-refractivity contribution in [2.24, 2.45) is 5.73 Å². The predicted molar refractivity (Wildman–Crippen MR) is 101 cm³/mol. The Bertz CT molecular complexity index is 798. The molecule has 0 aliphatic heterocycles. The summed E-state index contributed by atoms with van der Waals surface area (Å²) in [5.41, 5.74) is 6.83. The van der Waals surface area contributed by atoms with Crippen molar-refractivity contribution < 1.29 is 23.9 Å². The first kappa shape index (κ1) is 20.2. The van der Waals surface area contributed by atoms with E-state index in [4.69, 9.17) is 15.2 Å². The molecule has 0 radical (unpaired) electrons. The highest BCUT2D eigenvalue weighted by molar-refractivity contribution is 6.00. The number of benzene rings is 2. The summed E-state index contributed by atoms with van der Waals surface area (Å²) in [6.45, 7) is 1.40. The second kappa shape index (κ2) is 10.1. The van der Waals surface area contributed by atoms with E-state index in [0.29, 0.717) is 5.56 Å². The van der Waals surface area contributed by atoms with Gasteiger partial charge in [-0.25, -0.2) is 4.79 Å². The van der Waals surface area contributed by atoms with Crippen LogP contribution in [0.15, 0.2) is 48.5 Å². The second-order valence-corrected chi connectivity index (χ2v) is 6.05. The number of para-hydroxylation sites is 1. The predicted octanol–water partition coefficient (Wildman–Crippen LogP) is 2.93. The molecule has 1 amide bonds. The van der Waals surface area contributed by atoms with Crippen LogP contribution in [0.4, 0.5) is 0 Å². The first-order valence-electron chi connectivity index (χ1n) is 8.80. The largest absolute Gasteiger partial charge is 0.483 e. The van der Waals surface area contributed by atoms with Gasteiger partial charge in [0, 0.05) is 5.56 Å². The lowest BCUT2D eigenvalue weighted by Gasteiger charge is -2.10. The number of aryl methyl sites for hydroxylation is 1. The van der Waals surface area contributed by atoms with E-state index < -0.39 is 11.9 Å². The summed E-state index contributed by atoms with van der Waals surface area (Å²) in [4.78, 5) is 35.3. The minimum absolute atomic E-state index is 0.126. The number of esters is 1. The molecule has 142 valence electrons. The molecule has 27 heavy (non-hydrogen) atoms. The van der Waals surface area contributed by atoms with Crippen molar-refractivity contribution in [2.45, 2.75) is 26.2 Å². The maximum absolute atomic E-state index is 12.2. The molecule has 2 rings (SSSR count). The molecule has 6 heteroatoms. The van der Waals surface area contributed by atoms with Crippen molar-refractivity contribution >= 4 is 17.7 Å². The van der Waals surface area contributed by atoms with Crippen LogP contribution in [-0.2, 0) is 16.0 Å². The van der Waals surface area contributed by atoms with Crippen LogP contribution in [-0.4, -0.2) is 30.9 Å². The molecule has 0 aliphatic rings. The number of amides is 1. The Morgan fingerprint density at radius 3 is 2.33 bits per heavy atom. The lowest BCUT2D eigenvalue weighted by molar-refractivity contribution is -0.119. The van der Waals surface area contributed by atoms with E-state index in [1.807, 2.05) is 12.1 Å². The SMILES string of the molecule is CCCCc1ccc(C(=O)COC(=O)c2ccccc2OCC(N)=O)cc1. The van der Waals surface area contributed by atoms with E-state index in [9.17, 15) is 14.4 Å². The van der Waals surface area contributed by atoms with E-state index >= 15 is 0 Å². The summed E-state index contributed by atoms with van der Waals surface area (Å²) in [5.74, 6) is -1.48. The molecule has 0 aliphatic carbocycles. The molecule has 0 fully saturated rings. The molecular formula is C21H23NO5. The van der Waals surface area contributed by atoms with Gasteiger partial charge in [0.1, 0.15) is 11.3 Å². The summed E-state index contributed by atoms with van der Waals surface area (Å²) in [5, 5.41) is 0. The fourth-order valence-electron chi connectivity index (χ4n) is 2.44. The number of Topliss-reactive ketones (excluding diaryl/α,β-unsaturated/α-hetero) is 1. The summed E-state index contributed by atoms with van der Waals surface area (Å²) in [6, 6.07) is 13.6. The molecule has 2 N–H and O–H groups in total. The highest BCUT2D eigenvalue weighted by Gasteiger charge is 2.16. The van der Waals surface area contributed by atoms with Crippen molar-refractivity contribution in [3.05, 3.63) is 65.2 Å². The number of hydrogen-bond acceptors (Lipinski definition) is 5. The van der Waals surface area contributed by atoms with Gasteiger partial charge in [-0.15, -0.1) is 0 Å². The van der Waals surface area contributed by atoms with Crippen LogP contribution in [0.3, 0.4) is 0 Å². The third-order valence-electron chi connectivity index (χ3n) is 3.91. The lowest BCUT2D eigenvalue weighted by atomic mass is 10.0. The fourth-order valence-corrected chi connectivity index (χ4v) is 2.44. The summed E-state index contributed by atoms with van der Waals surface area (Å²) in [7, 11) is 0. The molecular weight excluding hydrogens is 346 g/mol. The Hall–Kier alpha value is -3.15. The third kappa shape index (κ3) is 6.26. The van der Waals surface area contributed by atoms with Gasteiger partial charge in [0.05, 0.1) is 0 Å². The van der Waals surface area contributed by atoms with Gasteiger partial charge in [-0.05, 0) is 30.5 Å². The van der Waals surface area contributed by atoms with E-state index in [2.05, 4.69) is 6.92 Å². The van der Waals surface area contributed by atoms with E-state index in [1.165, 1.54) is 17.7 Å². The van der Waals surface area contributed by atoms with Crippen LogP contribution in [0.1, 0.15) is 46.0 Å². The highest BCUT2D eigenvalue weighted by Crippen LogP contribution is 2.19. The van der Waals surface area contributed by atoms with Gasteiger partial charge in [-0.1, -0.05) is 49.7 Å². The van der Waals surface area contributed by atoms with Crippen molar-refractivity contribution in [3.63, 3.8) is 0 Å². The number of unbranched alkanes of at least 4 members (excludes halogenated alkanes) is 1. The number of nitrogens with two attached hydrogens (primary N) is 1. The Morgan fingerprint density at radius 1 is 0.963 bits per heavy atom. The van der Waals surface area contributed by atoms with Gasteiger partial charge in [-0.3, -0.25) is 9.59 Å². The fraction of sp³-hybridized carbons (Fsp3) is 0.286. The monoisotopic (exact) mass is 369 g/mol. The van der Waals surface area contributed by atoms with Crippen molar-refractivity contribution in [1.29, 1.82) is 0 Å².